The van der Waals surface area contributed by atoms with Crippen molar-refractivity contribution in [3.8, 4) is 0 Å². The molecule has 5 heteroatoms. The maximum Gasteiger partial charge on any atom is 0.251 e. The van der Waals surface area contributed by atoms with Gasteiger partial charge in [0, 0.05) is 18.3 Å². The molecule has 1 heterocycles. The van der Waals surface area contributed by atoms with Crippen molar-refractivity contribution < 1.29 is 9.59 Å². The van der Waals surface area contributed by atoms with E-state index in [1.807, 2.05) is 0 Å². The monoisotopic (exact) mass is 275 g/mol. The van der Waals surface area contributed by atoms with Crippen molar-refractivity contribution in [3.63, 3.8) is 0 Å². The average molecular weight is 275 g/mol. The Morgan fingerprint density at radius 2 is 1.95 bits per heavy atom. The lowest BCUT2D eigenvalue weighted by Gasteiger charge is -2.25. The molecule has 1 aliphatic heterocycles. The fraction of sp³-hybridized carbons (Fsp3) is 0.467. The predicted octanol–water partition coefficient (Wildman–Crippen LogP) is 1.47. The summed E-state index contributed by atoms with van der Waals surface area (Å²) in [5, 5.41) is 5.42. The van der Waals surface area contributed by atoms with Gasteiger partial charge < -0.3 is 10.6 Å². The fourth-order valence-corrected chi connectivity index (χ4v) is 2.40. The molecule has 0 unspecified atom stereocenters. The number of amides is 2. The summed E-state index contributed by atoms with van der Waals surface area (Å²) in [6.07, 6.45) is 3.59. The summed E-state index contributed by atoms with van der Waals surface area (Å²) < 4.78 is 0. The molecule has 5 nitrogen and oxygen atoms in total. The Morgan fingerprint density at radius 3 is 2.65 bits per heavy atom. The first kappa shape index (κ1) is 14.5. The van der Waals surface area contributed by atoms with Crippen molar-refractivity contribution in [3.05, 3.63) is 29.8 Å². The van der Waals surface area contributed by atoms with Gasteiger partial charge in [0.05, 0.1) is 6.54 Å². The number of nitrogens with one attached hydrogen (secondary N) is 2. The van der Waals surface area contributed by atoms with Gasteiger partial charge in [-0.2, -0.15) is 0 Å². The Hall–Kier alpha value is -1.88. The third kappa shape index (κ3) is 4.06. The second-order valence-corrected chi connectivity index (χ2v) is 5.04. The number of hydrogen-bond donors (Lipinski definition) is 2. The minimum absolute atomic E-state index is 0.0269. The number of nitrogens with zero attached hydrogens (tertiary/aromatic N) is 1. The third-order valence-electron chi connectivity index (χ3n) is 3.45. The van der Waals surface area contributed by atoms with Crippen LogP contribution in [-0.4, -0.2) is 43.4 Å². The lowest BCUT2D eigenvalue weighted by molar-refractivity contribution is -0.117. The van der Waals surface area contributed by atoms with E-state index in [2.05, 4.69) is 15.5 Å². The normalized spacial score (nSPS) is 15.7. The third-order valence-corrected chi connectivity index (χ3v) is 3.45. The van der Waals surface area contributed by atoms with Crippen molar-refractivity contribution in [2.45, 2.75) is 19.3 Å². The molecule has 0 bridgehead atoms. The number of piperidine rings is 1. The molecule has 0 radical (unpaired) electrons. The average Bonchev–Trinajstić information content (AvgIpc) is 2.47. The number of hydrogen-bond acceptors (Lipinski definition) is 3. The molecule has 2 amide bonds. The summed E-state index contributed by atoms with van der Waals surface area (Å²) in [6.45, 7) is 2.40. The Bertz CT molecular complexity index is 482. The molecule has 0 aliphatic carbocycles. The van der Waals surface area contributed by atoms with E-state index < -0.39 is 0 Å². The quantitative estimate of drug-likeness (QED) is 0.874. The number of carbonyl (C=O) groups excluding carboxylic acids is 2. The van der Waals surface area contributed by atoms with Gasteiger partial charge >= 0.3 is 0 Å². The van der Waals surface area contributed by atoms with Crippen LogP contribution in [0.2, 0.25) is 0 Å². The SMILES string of the molecule is CNC(=O)c1cccc(NC(=O)CN2CCCCC2)c1. The minimum atomic E-state index is -0.155. The largest absolute Gasteiger partial charge is 0.355 e. The van der Waals surface area contributed by atoms with Gasteiger partial charge in [-0.25, -0.2) is 0 Å². The molecular formula is C15H21N3O2. The van der Waals surface area contributed by atoms with Gasteiger partial charge in [0.2, 0.25) is 5.91 Å². The number of carbonyl (C=O) groups is 2. The maximum atomic E-state index is 12.0. The summed E-state index contributed by atoms with van der Waals surface area (Å²) >= 11 is 0. The zero-order valence-electron chi connectivity index (χ0n) is 11.8. The van der Waals surface area contributed by atoms with Crippen molar-refractivity contribution in [2.24, 2.45) is 0 Å². The molecule has 0 atom stereocenters. The van der Waals surface area contributed by atoms with Gasteiger partial charge in [0.15, 0.2) is 0 Å². The molecule has 2 rings (SSSR count). The van der Waals surface area contributed by atoms with E-state index >= 15 is 0 Å². The van der Waals surface area contributed by atoms with Gasteiger partial charge in [0.1, 0.15) is 0 Å². The van der Waals surface area contributed by atoms with Crippen LogP contribution in [-0.2, 0) is 4.79 Å². The van der Waals surface area contributed by atoms with E-state index in [1.54, 1.807) is 31.3 Å². The lowest BCUT2D eigenvalue weighted by Crippen LogP contribution is -2.36. The van der Waals surface area contributed by atoms with Crippen LogP contribution >= 0.6 is 0 Å². The van der Waals surface area contributed by atoms with Crippen molar-refractivity contribution >= 4 is 17.5 Å². The van der Waals surface area contributed by atoms with E-state index in [4.69, 9.17) is 0 Å². The molecule has 0 spiro atoms. The lowest BCUT2D eigenvalue weighted by atomic mass is 10.1. The highest BCUT2D eigenvalue weighted by molar-refractivity contribution is 5.97. The van der Waals surface area contributed by atoms with Gasteiger partial charge in [-0.1, -0.05) is 12.5 Å². The first-order valence-electron chi connectivity index (χ1n) is 7.03. The Labute approximate surface area is 119 Å². The van der Waals surface area contributed by atoms with Crippen LogP contribution in [0.3, 0.4) is 0 Å². The summed E-state index contributed by atoms with van der Waals surface area (Å²) in [5.41, 5.74) is 1.20. The van der Waals surface area contributed by atoms with Gasteiger partial charge in [-0.05, 0) is 44.1 Å². The molecule has 1 aromatic carbocycles. The fourth-order valence-electron chi connectivity index (χ4n) is 2.40. The van der Waals surface area contributed by atoms with Crippen LogP contribution < -0.4 is 10.6 Å². The van der Waals surface area contributed by atoms with E-state index in [-0.39, 0.29) is 11.8 Å². The van der Waals surface area contributed by atoms with Gasteiger partial charge in [-0.3, -0.25) is 14.5 Å². The zero-order valence-corrected chi connectivity index (χ0v) is 11.8. The Morgan fingerprint density at radius 1 is 1.20 bits per heavy atom. The molecule has 1 fully saturated rings. The topological polar surface area (TPSA) is 61.4 Å². The molecule has 108 valence electrons. The molecular weight excluding hydrogens is 254 g/mol. The first-order chi connectivity index (χ1) is 9.69. The van der Waals surface area contributed by atoms with Crippen LogP contribution in [0.15, 0.2) is 24.3 Å². The smallest absolute Gasteiger partial charge is 0.251 e. The predicted molar refractivity (Wildman–Crippen MR) is 78.8 cm³/mol. The molecule has 0 aromatic heterocycles. The van der Waals surface area contributed by atoms with Gasteiger partial charge in [-0.15, -0.1) is 0 Å². The van der Waals surface area contributed by atoms with E-state index in [1.165, 1.54) is 19.3 Å². The van der Waals surface area contributed by atoms with Crippen LogP contribution in [0.25, 0.3) is 0 Å². The number of likely N-dealkylation sites (tertiary alicyclic amines) is 1. The number of rotatable bonds is 4. The highest BCUT2D eigenvalue weighted by Crippen LogP contribution is 2.12. The van der Waals surface area contributed by atoms with Crippen LogP contribution in [0.4, 0.5) is 5.69 Å². The van der Waals surface area contributed by atoms with Crippen molar-refractivity contribution in [2.75, 3.05) is 32.0 Å². The van der Waals surface area contributed by atoms with E-state index in [9.17, 15) is 9.59 Å². The molecule has 0 saturated carbocycles. The molecule has 20 heavy (non-hydrogen) atoms. The maximum absolute atomic E-state index is 12.0. The van der Waals surface area contributed by atoms with Crippen LogP contribution in [0.1, 0.15) is 29.6 Å². The highest BCUT2D eigenvalue weighted by Gasteiger charge is 2.14. The van der Waals surface area contributed by atoms with Crippen molar-refractivity contribution in [1.82, 2.24) is 10.2 Å². The summed E-state index contributed by atoms with van der Waals surface area (Å²) in [5.74, 6) is -0.182. The number of benzene rings is 1. The molecule has 1 aliphatic rings. The van der Waals surface area contributed by atoms with Crippen molar-refractivity contribution in [1.29, 1.82) is 0 Å². The summed E-state index contributed by atoms with van der Waals surface area (Å²) in [6, 6.07) is 6.97. The Kier molecular flexibility index (Phi) is 5.12. The molecule has 1 saturated heterocycles. The second kappa shape index (κ2) is 7.05. The van der Waals surface area contributed by atoms with E-state index in [0.29, 0.717) is 17.8 Å². The summed E-state index contributed by atoms with van der Waals surface area (Å²) in [4.78, 5) is 25.7. The molecule has 1 aromatic rings. The second-order valence-electron chi connectivity index (χ2n) is 5.04. The standard InChI is InChI=1S/C15H21N3O2/c1-16-15(20)12-6-5-7-13(10-12)17-14(19)11-18-8-3-2-4-9-18/h5-7,10H,2-4,8-9,11H2,1H3,(H,16,20)(H,17,19). The van der Waals surface area contributed by atoms with Crippen LogP contribution in [0.5, 0.6) is 0 Å². The van der Waals surface area contributed by atoms with Gasteiger partial charge in [0.25, 0.3) is 5.91 Å². The summed E-state index contributed by atoms with van der Waals surface area (Å²) in [7, 11) is 1.59. The first-order valence-corrected chi connectivity index (χ1v) is 7.03. The van der Waals surface area contributed by atoms with E-state index in [0.717, 1.165) is 13.1 Å². The van der Waals surface area contributed by atoms with Crippen LogP contribution in [0, 0.1) is 0 Å². The number of anilines is 1. The highest BCUT2D eigenvalue weighted by atomic mass is 16.2. The zero-order chi connectivity index (χ0) is 14.4. The Balaban J connectivity index is 1.91. The minimum Gasteiger partial charge on any atom is -0.355 e. The molecule has 2 N–H and O–H groups in total.